The Balaban J connectivity index is 1.48. The van der Waals surface area contributed by atoms with E-state index in [0.717, 1.165) is 29.1 Å². The molecule has 142 valence electrons. The average molecular weight is 386 g/mol. The van der Waals surface area contributed by atoms with Crippen molar-refractivity contribution in [2.75, 3.05) is 13.1 Å². The smallest absolute Gasteiger partial charge is 0.280 e. The third-order valence-electron chi connectivity index (χ3n) is 4.70. The van der Waals surface area contributed by atoms with Crippen molar-refractivity contribution in [2.24, 2.45) is 0 Å². The molecule has 8 nitrogen and oxygen atoms in total. The van der Waals surface area contributed by atoms with Crippen LogP contribution in [0, 0.1) is 6.92 Å². The van der Waals surface area contributed by atoms with E-state index in [0.29, 0.717) is 24.0 Å². The minimum absolute atomic E-state index is 0.0941. The van der Waals surface area contributed by atoms with E-state index >= 15 is 0 Å². The number of amides is 1. The lowest BCUT2D eigenvalue weighted by molar-refractivity contribution is 0.0677. The third-order valence-corrected chi connectivity index (χ3v) is 5.69. The third kappa shape index (κ3) is 3.64. The van der Waals surface area contributed by atoms with Crippen LogP contribution in [0.3, 0.4) is 0 Å². The second-order valence-corrected chi connectivity index (χ2v) is 8.44. The van der Waals surface area contributed by atoms with Gasteiger partial charge in [-0.05, 0) is 31.9 Å². The van der Waals surface area contributed by atoms with Crippen LogP contribution < -0.4 is 0 Å². The molecule has 4 heterocycles. The van der Waals surface area contributed by atoms with Gasteiger partial charge in [-0.25, -0.2) is 4.68 Å². The minimum atomic E-state index is 0.0941. The van der Waals surface area contributed by atoms with E-state index in [1.54, 1.807) is 0 Å². The molecule has 0 N–H and O–H groups in total. The summed E-state index contributed by atoms with van der Waals surface area (Å²) in [5.74, 6) is 1.32. The first kappa shape index (κ1) is 17.8. The van der Waals surface area contributed by atoms with Gasteiger partial charge in [0, 0.05) is 23.9 Å². The fraction of sp³-hybridized carbons (Fsp3) is 0.500. The summed E-state index contributed by atoms with van der Waals surface area (Å²) in [6.45, 7) is 7.43. The fourth-order valence-corrected chi connectivity index (χ4v) is 4.02. The van der Waals surface area contributed by atoms with Gasteiger partial charge >= 0.3 is 0 Å². The Labute approximate surface area is 161 Å². The Morgan fingerprint density at radius 1 is 1.37 bits per heavy atom. The van der Waals surface area contributed by atoms with Crippen molar-refractivity contribution in [1.29, 1.82) is 0 Å². The molecule has 0 aromatic carbocycles. The Kier molecular flexibility index (Phi) is 4.77. The van der Waals surface area contributed by atoms with Crippen molar-refractivity contribution >= 4 is 17.2 Å². The SMILES string of the molecule is Cc1ccc(C(=O)N2CCCC(n3cc(-c4nc(C(C)C)no4)nn3)C2)s1. The van der Waals surface area contributed by atoms with Crippen molar-refractivity contribution in [3.05, 3.63) is 33.9 Å². The van der Waals surface area contributed by atoms with Gasteiger partial charge in [0.1, 0.15) is 0 Å². The molecular weight excluding hydrogens is 364 g/mol. The molecule has 0 saturated carbocycles. The van der Waals surface area contributed by atoms with Gasteiger partial charge in [0.2, 0.25) is 0 Å². The highest BCUT2D eigenvalue weighted by atomic mass is 32.1. The van der Waals surface area contributed by atoms with Gasteiger partial charge in [-0.2, -0.15) is 4.98 Å². The van der Waals surface area contributed by atoms with Gasteiger partial charge < -0.3 is 9.42 Å². The summed E-state index contributed by atoms with van der Waals surface area (Å²) in [5.41, 5.74) is 0.562. The zero-order valence-electron chi connectivity index (χ0n) is 15.6. The predicted octanol–water partition coefficient (Wildman–Crippen LogP) is 3.30. The largest absolute Gasteiger partial charge is 0.336 e. The molecule has 4 rings (SSSR count). The van der Waals surface area contributed by atoms with Gasteiger partial charge in [-0.15, -0.1) is 16.4 Å². The molecule has 1 atom stereocenters. The Bertz CT molecular complexity index is 943. The van der Waals surface area contributed by atoms with Crippen LogP contribution in [0.5, 0.6) is 0 Å². The van der Waals surface area contributed by atoms with E-state index < -0.39 is 0 Å². The van der Waals surface area contributed by atoms with Crippen LogP contribution in [0.15, 0.2) is 22.9 Å². The fourth-order valence-electron chi connectivity index (χ4n) is 3.19. The van der Waals surface area contributed by atoms with Crippen molar-refractivity contribution < 1.29 is 9.32 Å². The number of likely N-dealkylation sites (tertiary alicyclic amines) is 1. The topological polar surface area (TPSA) is 89.9 Å². The first-order chi connectivity index (χ1) is 13.0. The quantitative estimate of drug-likeness (QED) is 0.683. The first-order valence-corrected chi connectivity index (χ1v) is 9.94. The maximum Gasteiger partial charge on any atom is 0.280 e. The van der Waals surface area contributed by atoms with Crippen LogP contribution in [-0.2, 0) is 0 Å². The summed E-state index contributed by atoms with van der Waals surface area (Å²) in [7, 11) is 0. The van der Waals surface area contributed by atoms with Gasteiger partial charge in [0.25, 0.3) is 11.8 Å². The van der Waals surface area contributed by atoms with E-state index in [9.17, 15) is 4.79 Å². The van der Waals surface area contributed by atoms with E-state index in [2.05, 4.69) is 20.5 Å². The molecule has 0 bridgehead atoms. The monoisotopic (exact) mass is 386 g/mol. The van der Waals surface area contributed by atoms with E-state index in [-0.39, 0.29) is 17.9 Å². The summed E-state index contributed by atoms with van der Waals surface area (Å²) in [4.78, 5) is 21.0. The van der Waals surface area contributed by atoms with Crippen LogP contribution in [0.2, 0.25) is 0 Å². The van der Waals surface area contributed by atoms with Crippen molar-refractivity contribution in [3.8, 4) is 11.6 Å². The normalized spacial score (nSPS) is 17.6. The number of aromatic nitrogens is 5. The number of thiophene rings is 1. The second kappa shape index (κ2) is 7.22. The standard InChI is InChI=1S/C18H22N6O2S/c1-11(2)16-19-17(26-21-16)14-10-24(22-20-14)13-5-4-8-23(9-13)18(25)15-7-6-12(3)27-15/h6-7,10-11,13H,4-5,8-9H2,1-3H3. The number of hydrogen-bond acceptors (Lipinski definition) is 7. The molecule has 3 aromatic heterocycles. The number of carbonyl (C=O) groups excluding carboxylic acids is 1. The summed E-state index contributed by atoms with van der Waals surface area (Å²) in [5, 5.41) is 12.4. The predicted molar refractivity (Wildman–Crippen MR) is 101 cm³/mol. The Morgan fingerprint density at radius 3 is 2.93 bits per heavy atom. The number of nitrogens with zero attached hydrogens (tertiary/aromatic N) is 6. The van der Waals surface area contributed by atoms with Crippen molar-refractivity contribution in [2.45, 2.75) is 45.6 Å². The van der Waals surface area contributed by atoms with Crippen LogP contribution in [0.25, 0.3) is 11.6 Å². The Morgan fingerprint density at radius 2 is 2.22 bits per heavy atom. The molecule has 0 spiro atoms. The van der Waals surface area contributed by atoms with Crippen LogP contribution in [0.1, 0.15) is 59.0 Å². The molecule has 1 aliphatic heterocycles. The number of hydrogen-bond donors (Lipinski definition) is 0. The average Bonchev–Trinajstić information content (AvgIpc) is 3.40. The van der Waals surface area contributed by atoms with Crippen LogP contribution in [-0.4, -0.2) is 49.0 Å². The number of rotatable bonds is 4. The van der Waals surface area contributed by atoms with Gasteiger partial charge in [-0.1, -0.05) is 24.2 Å². The molecule has 1 unspecified atom stereocenters. The zero-order chi connectivity index (χ0) is 19.0. The first-order valence-electron chi connectivity index (χ1n) is 9.13. The van der Waals surface area contributed by atoms with Gasteiger partial charge in [-0.3, -0.25) is 4.79 Å². The summed E-state index contributed by atoms with van der Waals surface area (Å²) < 4.78 is 7.11. The van der Waals surface area contributed by atoms with Crippen LogP contribution in [0.4, 0.5) is 0 Å². The highest BCUT2D eigenvalue weighted by Gasteiger charge is 2.27. The molecule has 27 heavy (non-hydrogen) atoms. The van der Waals surface area contributed by atoms with Crippen LogP contribution >= 0.6 is 11.3 Å². The van der Waals surface area contributed by atoms with E-state index in [1.807, 2.05) is 48.7 Å². The molecule has 1 aliphatic rings. The van der Waals surface area contributed by atoms with E-state index in [4.69, 9.17) is 4.52 Å². The zero-order valence-corrected chi connectivity index (χ0v) is 16.4. The van der Waals surface area contributed by atoms with Crippen molar-refractivity contribution in [3.63, 3.8) is 0 Å². The lowest BCUT2D eigenvalue weighted by Crippen LogP contribution is -2.40. The number of aryl methyl sites for hydroxylation is 1. The number of piperidine rings is 1. The highest BCUT2D eigenvalue weighted by Crippen LogP contribution is 2.26. The summed E-state index contributed by atoms with van der Waals surface area (Å²) >= 11 is 1.54. The molecule has 9 heteroatoms. The van der Waals surface area contributed by atoms with Gasteiger partial charge in [0.05, 0.1) is 17.1 Å². The molecule has 0 aliphatic carbocycles. The van der Waals surface area contributed by atoms with Gasteiger partial charge in [0.15, 0.2) is 11.5 Å². The lowest BCUT2D eigenvalue weighted by Gasteiger charge is -2.32. The van der Waals surface area contributed by atoms with Crippen molar-refractivity contribution in [1.82, 2.24) is 30.0 Å². The molecule has 3 aromatic rings. The van der Waals surface area contributed by atoms with E-state index in [1.165, 1.54) is 11.3 Å². The molecule has 0 radical (unpaired) electrons. The number of carbonyl (C=O) groups is 1. The molecule has 1 fully saturated rings. The maximum absolute atomic E-state index is 12.7. The molecule has 1 saturated heterocycles. The summed E-state index contributed by atoms with van der Waals surface area (Å²) in [6, 6.07) is 3.98. The summed E-state index contributed by atoms with van der Waals surface area (Å²) in [6.07, 6.45) is 3.72. The highest BCUT2D eigenvalue weighted by molar-refractivity contribution is 7.13. The second-order valence-electron chi connectivity index (χ2n) is 7.15. The maximum atomic E-state index is 12.7. The minimum Gasteiger partial charge on any atom is -0.336 e. The molecular formula is C18H22N6O2S. The Hall–Kier alpha value is -2.55. The molecule has 1 amide bonds. The lowest BCUT2D eigenvalue weighted by atomic mass is 10.1.